The van der Waals surface area contributed by atoms with Crippen LogP contribution in [0.4, 0.5) is 11.4 Å². The number of hydrogen-bond donors (Lipinski definition) is 2. The summed E-state index contributed by atoms with van der Waals surface area (Å²) in [7, 11) is 0. The zero-order valence-corrected chi connectivity index (χ0v) is 19.2. The maximum absolute atomic E-state index is 12.4. The number of ether oxygens (including phenoxy) is 1. The molecule has 3 rings (SSSR count). The molecule has 3 aromatic carbocycles. The minimum Gasteiger partial charge on any atom is -0.484 e. The Hall–Kier alpha value is -3.50. The normalized spacial score (nSPS) is 10.8. The second-order valence-electron chi connectivity index (χ2n) is 6.64. The van der Waals surface area contributed by atoms with E-state index in [-0.39, 0.29) is 28.1 Å². The van der Waals surface area contributed by atoms with Gasteiger partial charge < -0.3 is 15.4 Å². The van der Waals surface area contributed by atoms with E-state index in [4.69, 9.17) is 39.5 Å². The van der Waals surface area contributed by atoms with E-state index in [2.05, 4.69) is 10.6 Å². The summed E-state index contributed by atoms with van der Waals surface area (Å²) in [6.45, 7) is -0.200. The van der Waals surface area contributed by atoms with Gasteiger partial charge in [0.1, 0.15) is 17.4 Å². The van der Waals surface area contributed by atoms with Crippen molar-refractivity contribution in [2.75, 3.05) is 17.2 Å². The summed E-state index contributed by atoms with van der Waals surface area (Å²) in [5, 5.41) is 15.6. The second kappa shape index (κ2) is 11.4. The molecule has 33 heavy (non-hydrogen) atoms. The summed E-state index contributed by atoms with van der Waals surface area (Å²) >= 11 is 17.9. The molecule has 0 aromatic heterocycles. The average molecular weight is 501 g/mol. The molecule has 0 radical (unpaired) electrons. The molecule has 0 atom stereocenters. The molecule has 0 saturated heterocycles. The van der Waals surface area contributed by atoms with Crippen LogP contribution in [0.3, 0.4) is 0 Å². The Labute approximate surface area is 205 Å². The summed E-state index contributed by atoms with van der Waals surface area (Å²) in [5.74, 6) is -0.522. The molecule has 0 unspecified atom stereocenters. The highest BCUT2D eigenvalue weighted by atomic mass is 35.5. The zero-order valence-electron chi connectivity index (χ0n) is 16.9. The number of nitrogens with zero attached hydrogens (tertiary/aromatic N) is 1. The SMILES string of the molecule is N#C/C(=C\c1ccc(OCC(=O)Nc2cccc(Cl)c2)cc1)C(=O)Nc1cccc(Cl)c1Cl. The van der Waals surface area contributed by atoms with Crippen molar-refractivity contribution < 1.29 is 14.3 Å². The Morgan fingerprint density at radius 1 is 0.970 bits per heavy atom. The Balaban J connectivity index is 1.59. The van der Waals surface area contributed by atoms with Crippen LogP contribution in [0.15, 0.2) is 72.3 Å². The first-order chi connectivity index (χ1) is 15.9. The number of amides is 2. The lowest BCUT2D eigenvalue weighted by atomic mass is 10.1. The number of nitriles is 1. The molecule has 6 nitrogen and oxygen atoms in total. The lowest BCUT2D eigenvalue weighted by Gasteiger charge is -2.09. The molecule has 0 aliphatic rings. The Kier molecular flexibility index (Phi) is 8.34. The molecule has 166 valence electrons. The third-order valence-electron chi connectivity index (χ3n) is 4.23. The summed E-state index contributed by atoms with van der Waals surface area (Å²) in [6.07, 6.45) is 1.42. The van der Waals surface area contributed by atoms with Gasteiger partial charge in [-0.2, -0.15) is 5.26 Å². The van der Waals surface area contributed by atoms with Crippen molar-refractivity contribution in [1.29, 1.82) is 5.26 Å². The van der Waals surface area contributed by atoms with Gasteiger partial charge in [-0.3, -0.25) is 9.59 Å². The molecule has 0 saturated carbocycles. The fraction of sp³-hybridized carbons (Fsp3) is 0.0417. The van der Waals surface area contributed by atoms with E-state index < -0.39 is 5.91 Å². The summed E-state index contributed by atoms with van der Waals surface area (Å²) in [4.78, 5) is 24.5. The van der Waals surface area contributed by atoms with Crippen LogP contribution in [0, 0.1) is 11.3 Å². The summed E-state index contributed by atoms with van der Waals surface area (Å²) < 4.78 is 5.47. The van der Waals surface area contributed by atoms with Gasteiger partial charge in [-0.05, 0) is 54.1 Å². The first-order valence-corrected chi connectivity index (χ1v) is 10.6. The molecule has 0 aliphatic heterocycles. The van der Waals surface area contributed by atoms with Crippen molar-refractivity contribution >= 4 is 64.1 Å². The average Bonchev–Trinajstić information content (AvgIpc) is 2.80. The van der Waals surface area contributed by atoms with Crippen LogP contribution in [0.1, 0.15) is 5.56 Å². The molecule has 0 spiro atoms. The van der Waals surface area contributed by atoms with Crippen molar-refractivity contribution in [3.8, 4) is 11.8 Å². The second-order valence-corrected chi connectivity index (χ2v) is 7.86. The predicted molar refractivity (Wildman–Crippen MR) is 131 cm³/mol. The summed E-state index contributed by atoms with van der Waals surface area (Å²) in [5.41, 5.74) is 1.34. The molecule has 3 aromatic rings. The van der Waals surface area contributed by atoms with Gasteiger partial charge in [0.15, 0.2) is 6.61 Å². The molecule has 0 fully saturated rings. The van der Waals surface area contributed by atoms with Gasteiger partial charge in [0.25, 0.3) is 11.8 Å². The van der Waals surface area contributed by atoms with Crippen LogP contribution < -0.4 is 15.4 Å². The lowest BCUT2D eigenvalue weighted by Crippen LogP contribution is -2.20. The van der Waals surface area contributed by atoms with Gasteiger partial charge in [0.05, 0.1) is 15.7 Å². The van der Waals surface area contributed by atoms with Gasteiger partial charge >= 0.3 is 0 Å². The molecular formula is C24H16Cl3N3O3. The maximum Gasteiger partial charge on any atom is 0.266 e. The molecule has 0 bridgehead atoms. The van der Waals surface area contributed by atoms with Crippen molar-refractivity contribution in [2.45, 2.75) is 0 Å². The van der Waals surface area contributed by atoms with E-state index in [0.717, 1.165) is 0 Å². The van der Waals surface area contributed by atoms with Gasteiger partial charge in [0.2, 0.25) is 0 Å². The molecule has 0 aliphatic carbocycles. The third-order valence-corrected chi connectivity index (χ3v) is 5.29. The molecule has 0 heterocycles. The molecular weight excluding hydrogens is 485 g/mol. The lowest BCUT2D eigenvalue weighted by molar-refractivity contribution is -0.118. The maximum atomic E-state index is 12.4. The number of hydrogen-bond acceptors (Lipinski definition) is 4. The van der Waals surface area contributed by atoms with Crippen LogP contribution in [-0.2, 0) is 9.59 Å². The number of rotatable bonds is 7. The number of nitrogens with one attached hydrogen (secondary N) is 2. The quantitative estimate of drug-likeness (QED) is 0.298. The van der Waals surface area contributed by atoms with Gasteiger partial charge in [0, 0.05) is 10.7 Å². The number of benzene rings is 3. The van der Waals surface area contributed by atoms with E-state index in [1.165, 1.54) is 6.08 Å². The van der Waals surface area contributed by atoms with Crippen LogP contribution in [0.5, 0.6) is 5.75 Å². The van der Waals surface area contributed by atoms with Crippen molar-refractivity contribution in [3.05, 3.63) is 92.9 Å². The number of carbonyl (C=O) groups excluding carboxylic acids is 2. The van der Waals surface area contributed by atoms with Crippen molar-refractivity contribution in [2.24, 2.45) is 0 Å². The number of carbonyl (C=O) groups is 2. The third kappa shape index (κ3) is 6.99. The van der Waals surface area contributed by atoms with E-state index in [9.17, 15) is 14.9 Å². The van der Waals surface area contributed by atoms with Crippen LogP contribution in [0.25, 0.3) is 6.08 Å². The standard InChI is InChI=1S/C24H16Cl3N3O3/c25-17-3-1-4-18(12-17)29-22(31)14-33-19-9-7-15(8-10-19)11-16(13-28)24(32)30-21-6-2-5-20(26)23(21)27/h1-12H,14H2,(H,29,31)(H,30,32)/b16-11+. The molecule has 2 amide bonds. The first kappa shape index (κ1) is 24.1. The molecule has 2 N–H and O–H groups in total. The zero-order chi connectivity index (χ0) is 23.8. The largest absolute Gasteiger partial charge is 0.484 e. The number of halogens is 3. The van der Waals surface area contributed by atoms with Gasteiger partial charge in [-0.15, -0.1) is 0 Å². The highest BCUT2D eigenvalue weighted by Crippen LogP contribution is 2.29. The Morgan fingerprint density at radius 3 is 2.39 bits per heavy atom. The van der Waals surface area contributed by atoms with Crippen molar-refractivity contribution in [1.82, 2.24) is 0 Å². The first-order valence-electron chi connectivity index (χ1n) is 9.51. The monoisotopic (exact) mass is 499 g/mol. The topological polar surface area (TPSA) is 91.2 Å². The minimum atomic E-state index is -0.625. The highest BCUT2D eigenvalue weighted by Gasteiger charge is 2.13. The fourth-order valence-corrected chi connectivity index (χ4v) is 3.22. The van der Waals surface area contributed by atoms with Crippen LogP contribution in [-0.4, -0.2) is 18.4 Å². The fourth-order valence-electron chi connectivity index (χ4n) is 2.68. The van der Waals surface area contributed by atoms with Gasteiger partial charge in [-0.1, -0.05) is 59.1 Å². The van der Waals surface area contributed by atoms with E-state index in [1.807, 2.05) is 6.07 Å². The minimum absolute atomic E-state index is 0.124. The smallest absolute Gasteiger partial charge is 0.266 e. The van der Waals surface area contributed by atoms with E-state index in [0.29, 0.717) is 27.7 Å². The van der Waals surface area contributed by atoms with Crippen LogP contribution >= 0.6 is 34.8 Å². The Bertz CT molecular complexity index is 1250. The van der Waals surface area contributed by atoms with Gasteiger partial charge in [-0.25, -0.2) is 0 Å². The molecule has 9 heteroatoms. The highest BCUT2D eigenvalue weighted by molar-refractivity contribution is 6.44. The van der Waals surface area contributed by atoms with E-state index in [1.54, 1.807) is 66.7 Å². The van der Waals surface area contributed by atoms with E-state index >= 15 is 0 Å². The van der Waals surface area contributed by atoms with Crippen LogP contribution in [0.2, 0.25) is 15.1 Å². The number of anilines is 2. The Morgan fingerprint density at radius 2 is 1.70 bits per heavy atom. The van der Waals surface area contributed by atoms with Crippen molar-refractivity contribution in [3.63, 3.8) is 0 Å². The summed E-state index contributed by atoms with van der Waals surface area (Å²) in [6, 6.07) is 20.0. The predicted octanol–water partition coefficient (Wildman–Crippen LogP) is 6.21.